The Morgan fingerprint density at radius 2 is 2.50 bits per heavy atom. The molecule has 0 spiro atoms. The summed E-state index contributed by atoms with van der Waals surface area (Å²) in [4.78, 5) is 18.0. The minimum atomic E-state index is -0.155. The highest BCUT2D eigenvalue weighted by molar-refractivity contribution is 8.02. The van der Waals surface area contributed by atoms with Crippen molar-refractivity contribution in [2.24, 2.45) is 5.73 Å². The van der Waals surface area contributed by atoms with E-state index in [4.69, 9.17) is 10.5 Å². The van der Waals surface area contributed by atoms with Crippen LogP contribution in [0.1, 0.15) is 12.1 Å². The molecule has 0 radical (unpaired) electrons. The quantitative estimate of drug-likeness (QED) is 0.860. The van der Waals surface area contributed by atoms with Gasteiger partial charge in [-0.3, -0.25) is 9.88 Å². The van der Waals surface area contributed by atoms with Crippen LogP contribution in [0.3, 0.4) is 0 Å². The van der Waals surface area contributed by atoms with Gasteiger partial charge in [-0.1, -0.05) is 0 Å². The Morgan fingerprint density at radius 3 is 3.25 bits per heavy atom. The van der Waals surface area contributed by atoms with Crippen LogP contribution in [0, 0.1) is 0 Å². The summed E-state index contributed by atoms with van der Waals surface area (Å²) in [6.45, 7) is 0.879. The minimum Gasteiger partial charge on any atom is -0.495 e. The second kappa shape index (κ2) is 7.16. The fraction of sp³-hybridized carbons (Fsp3) is 0.385. The molecular weight excluding hydrogens is 276 g/mol. The molecule has 0 aromatic carbocycles. The molecule has 0 saturated heterocycles. The summed E-state index contributed by atoms with van der Waals surface area (Å²) in [5.74, 6) is 0.664. The first-order chi connectivity index (χ1) is 9.76. The monoisotopic (exact) mass is 294 g/mol. The van der Waals surface area contributed by atoms with Crippen LogP contribution in [-0.2, 0) is 6.54 Å². The van der Waals surface area contributed by atoms with Crippen molar-refractivity contribution in [2.75, 3.05) is 13.7 Å². The zero-order valence-electron chi connectivity index (χ0n) is 11.3. The number of hydrogen-bond donors (Lipinski definition) is 2. The summed E-state index contributed by atoms with van der Waals surface area (Å²) in [7, 11) is 1.58. The van der Waals surface area contributed by atoms with Gasteiger partial charge >= 0.3 is 6.03 Å². The number of nitrogens with two attached hydrogens (primary N) is 1. The first kappa shape index (κ1) is 14.7. The zero-order valence-corrected chi connectivity index (χ0v) is 12.1. The van der Waals surface area contributed by atoms with Crippen LogP contribution < -0.4 is 15.8 Å². The summed E-state index contributed by atoms with van der Waals surface area (Å²) in [5.41, 5.74) is 6.25. The van der Waals surface area contributed by atoms with E-state index in [1.807, 2.05) is 11.5 Å². The Labute approximate surface area is 122 Å². The van der Waals surface area contributed by atoms with E-state index in [0.717, 1.165) is 6.42 Å². The lowest BCUT2D eigenvalue weighted by molar-refractivity contribution is 0.211. The molecule has 1 aliphatic rings. The molecule has 0 saturated carbocycles. The topological polar surface area (TPSA) is 80.5 Å². The van der Waals surface area contributed by atoms with Gasteiger partial charge in [0.05, 0.1) is 19.0 Å². The molecule has 0 aliphatic carbocycles. The lowest BCUT2D eigenvalue weighted by atomic mass is 10.3. The van der Waals surface area contributed by atoms with E-state index in [9.17, 15) is 4.79 Å². The van der Waals surface area contributed by atoms with Crippen molar-refractivity contribution >= 4 is 17.8 Å². The van der Waals surface area contributed by atoms with E-state index in [-0.39, 0.29) is 11.4 Å². The zero-order chi connectivity index (χ0) is 14.4. The molecule has 1 unspecified atom stereocenters. The Balaban J connectivity index is 1.93. The molecule has 0 bridgehead atoms. The summed E-state index contributed by atoms with van der Waals surface area (Å²) in [5, 5.41) is 4.82. The molecule has 1 aromatic heterocycles. The second-order valence-electron chi connectivity index (χ2n) is 4.17. The molecule has 1 atom stereocenters. The smallest absolute Gasteiger partial charge is 0.322 e. The largest absolute Gasteiger partial charge is 0.495 e. The van der Waals surface area contributed by atoms with Gasteiger partial charge in [0.25, 0.3) is 0 Å². The van der Waals surface area contributed by atoms with Gasteiger partial charge in [-0.2, -0.15) is 0 Å². The number of carbonyl (C=O) groups excluding carboxylic acids is 1. The first-order valence-corrected chi connectivity index (χ1v) is 7.26. The van der Waals surface area contributed by atoms with Crippen LogP contribution in [0.25, 0.3) is 0 Å². The number of rotatable bonds is 5. The van der Waals surface area contributed by atoms with Crippen molar-refractivity contribution in [3.8, 4) is 5.75 Å². The number of methoxy groups -OCH3 is 1. The molecular formula is C13H18N4O2S. The molecule has 1 aliphatic heterocycles. The van der Waals surface area contributed by atoms with Crippen LogP contribution in [0.5, 0.6) is 5.75 Å². The van der Waals surface area contributed by atoms with E-state index in [2.05, 4.69) is 10.3 Å². The third kappa shape index (κ3) is 3.43. The molecule has 108 valence electrons. The number of hydrogen-bond acceptors (Lipinski definition) is 5. The van der Waals surface area contributed by atoms with E-state index < -0.39 is 0 Å². The normalized spacial score (nSPS) is 17.3. The maximum Gasteiger partial charge on any atom is 0.322 e. The molecule has 2 heterocycles. The summed E-state index contributed by atoms with van der Waals surface area (Å²) >= 11 is 1.60. The highest BCUT2D eigenvalue weighted by Gasteiger charge is 2.24. The van der Waals surface area contributed by atoms with Gasteiger partial charge in [0.15, 0.2) is 0 Å². The van der Waals surface area contributed by atoms with Gasteiger partial charge in [-0.15, -0.1) is 11.8 Å². The number of carbonyl (C=O) groups is 1. The number of nitrogens with one attached hydrogen (secondary N) is 1. The van der Waals surface area contributed by atoms with Crippen molar-refractivity contribution in [1.82, 2.24) is 15.2 Å². The highest BCUT2D eigenvalue weighted by Crippen LogP contribution is 2.27. The van der Waals surface area contributed by atoms with Crippen molar-refractivity contribution in [2.45, 2.75) is 18.3 Å². The molecule has 1 aromatic rings. The SMILES string of the molecule is COc1cccnc1CNC(=O)N1C=CSC1CCN. The fourth-order valence-electron chi connectivity index (χ4n) is 1.89. The molecule has 6 nitrogen and oxygen atoms in total. The molecule has 20 heavy (non-hydrogen) atoms. The minimum absolute atomic E-state index is 0.0747. The number of urea groups is 1. The maximum absolute atomic E-state index is 12.1. The van der Waals surface area contributed by atoms with Crippen LogP contribution in [-0.4, -0.2) is 34.9 Å². The number of nitrogens with zero attached hydrogens (tertiary/aromatic N) is 2. The third-order valence-corrected chi connectivity index (χ3v) is 3.95. The second-order valence-corrected chi connectivity index (χ2v) is 5.26. The van der Waals surface area contributed by atoms with Crippen molar-refractivity contribution in [3.05, 3.63) is 35.6 Å². The Kier molecular flexibility index (Phi) is 5.25. The lowest BCUT2D eigenvalue weighted by Crippen LogP contribution is -2.40. The number of pyridine rings is 1. The van der Waals surface area contributed by atoms with Crippen LogP contribution >= 0.6 is 11.8 Å². The Hall–Kier alpha value is -1.73. The lowest BCUT2D eigenvalue weighted by Gasteiger charge is -2.22. The standard InChI is InChI=1S/C13H18N4O2S/c1-19-11-3-2-6-15-10(11)9-16-13(18)17-7-8-20-12(17)4-5-14/h2-3,6-8,12H,4-5,9,14H2,1H3,(H,16,18). The van der Waals surface area contributed by atoms with Gasteiger partial charge in [0, 0.05) is 12.4 Å². The predicted molar refractivity (Wildman–Crippen MR) is 79.1 cm³/mol. The average Bonchev–Trinajstić information content (AvgIpc) is 2.94. The van der Waals surface area contributed by atoms with Gasteiger partial charge in [0.1, 0.15) is 11.4 Å². The molecule has 2 amide bonds. The first-order valence-electron chi connectivity index (χ1n) is 6.32. The summed E-state index contributed by atoms with van der Waals surface area (Å²) in [6.07, 6.45) is 4.21. The fourth-order valence-corrected chi connectivity index (χ4v) is 2.85. The van der Waals surface area contributed by atoms with Gasteiger partial charge in [-0.25, -0.2) is 4.79 Å². The third-order valence-electron chi connectivity index (χ3n) is 2.89. The van der Waals surface area contributed by atoms with E-state index in [0.29, 0.717) is 24.5 Å². The maximum atomic E-state index is 12.1. The van der Waals surface area contributed by atoms with Crippen LogP contribution in [0.15, 0.2) is 29.9 Å². The number of ether oxygens (including phenoxy) is 1. The van der Waals surface area contributed by atoms with Crippen molar-refractivity contribution in [1.29, 1.82) is 0 Å². The number of amides is 2. The van der Waals surface area contributed by atoms with E-state index >= 15 is 0 Å². The van der Waals surface area contributed by atoms with Crippen molar-refractivity contribution < 1.29 is 9.53 Å². The van der Waals surface area contributed by atoms with Crippen LogP contribution in [0.2, 0.25) is 0 Å². The van der Waals surface area contributed by atoms with Crippen molar-refractivity contribution in [3.63, 3.8) is 0 Å². The number of thioether (sulfide) groups is 1. The van der Waals surface area contributed by atoms with Gasteiger partial charge < -0.3 is 15.8 Å². The van der Waals surface area contributed by atoms with E-state index in [1.165, 1.54) is 0 Å². The molecule has 0 fully saturated rings. The number of aromatic nitrogens is 1. The summed E-state index contributed by atoms with van der Waals surface area (Å²) < 4.78 is 5.20. The highest BCUT2D eigenvalue weighted by atomic mass is 32.2. The molecule has 7 heteroatoms. The molecule has 2 rings (SSSR count). The van der Waals surface area contributed by atoms with Gasteiger partial charge in [0.2, 0.25) is 0 Å². The predicted octanol–water partition coefficient (Wildman–Crippen LogP) is 1.49. The Morgan fingerprint density at radius 1 is 1.65 bits per heavy atom. The Bertz CT molecular complexity index is 495. The molecule has 3 N–H and O–H groups in total. The summed E-state index contributed by atoms with van der Waals surface area (Å²) in [6, 6.07) is 3.45. The van der Waals surface area contributed by atoms with Crippen LogP contribution in [0.4, 0.5) is 4.79 Å². The average molecular weight is 294 g/mol. The van der Waals surface area contributed by atoms with E-state index in [1.54, 1.807) is 42.2 Å². The van der Waals surface area contributed by atoms with Gasteiger partial charge in [-0.05, 0) is 30.5 Å².